The Hall–Kier alpha value is -2.87. The summed E-state index contributed by atoms with van der Waals surface area (Å²) in [6.45, 7) is 0. The molecule has 0 bridgehead atoms. The predicted octanol–water partition coefficient (Wildman–Crippen LogP) is 3.27. The lowest BCUT2D eigenvalue weighted by molar-refractivity contribution is -0.113. The van der Waals surface area contributed by atoms with Gasteiger partial charge in [-0.3, -0.25) is 4.79 Å². The van der Waals surface area contributed by atoms with Crippen molar-refractivity contribution in [1.82, 2.24) is 9.66 Å². The number of anilines is 1. The van der Waals surface area contributed by atoms with Gasteiger partial charge in [0.15, 0.2) is 5.16 Å². The maximum atomic E-state index is 13.1. The second-order valence-electron chi connectivity index (χ2n) is 5.18. The summed E-state index contributed by atoms with van der Waals surface area (Å²) in [5.41, 5.74) is 1.66. The number of nitrogens with two attached hydrogens (primary N) is 1. The number of thioether (sulfide) groups is 1. The molecule has 0 spiro atoms. The van der Waals surface area contributed by atoms with Crippen LogP contribution in [0.3, 0.4) is 0 Å². The largest absolute Gasteiger partial charge is 0.337 e. The number of nitrogens with one attached hydrogen (secondary N) is 1. The molecular formula is C17H14F2N4OS. The van der Waals surface area contributed by atoms with Gasteiger partial charge in [0.05, 0.1) is 17.6 Å². The van der Waals surface area contributed by atoms with Gasteiger partial charge >= 0.3 is 0 Å². The molecule has 0 saturated carbocycles. The summed E-state index contributed by atoms with van der Waals surface area (Å²) < 4.78 is 27.6. The first-order chi connectivity index (χ1) is 12.0. The highest BCUT2D eigenvalue weighted by atomic mass is 32.2. The molecule has 0 aliphatic carbocycles. The normalized spacial score (nSPS) is 10.6. The Bertz CT molecular complexity index is 879. The Balaban J connectivity index is 1.63. The second-order valence-corrected chi connectivity index (χ2v) is 6.12. The standard InChI is InChI=1S/C17H14F2N4OS/c18-12-6-13(19)8-14(7-12)21-16(24)10-25-17-22-15(9-23(17)20)11-4-2-1-3-5-11/h1-9H,10,20H2,(H,21,24). The number of nitrogens with zero attached hydrogens (tertiary/aromatic N) is 2. The number of aromatic nitrogens is 2. The van der Waals surface area contributed by atoms with Crippen LogP contribution in [0.1, 0.15) is 0 Å². The van der Waals surface area contributed by atoms with E-state index in [4.69, 9.17) is 5.84 Å². The molecule has 5 nitrogen and oxygen atoms in total. The van der Waals surface area contributed by atoms with Crippen LogP contribution in [-0.2, 0) is 4.79 Å². The number of halogens is 2. The molecule has 8 heteroatoms. The van der Waals surface area contributed by atoms with Crippen molar-refractivity contribution in [3.8, 4) is 11.3 Å². The lowest BCUT2D eigenvalue weighted by Gasteiger charge is -2.05. The van der Waals surface area contributed by atoms with E-state index in [0.717, 1.165) is 35.5 Å². The van der Waals surface area contributed by atoms with Gasteiger partial charge in [-0.25, -0.2) is 18.4 Å². The quantitative estimate of drug-likeness (QED) is 0.541. The van der Waals surface area contributed by atoms with E-state index < -0.39 is 17.5 Å². The van der Waals surface area contributed by atoms with E-state index in [-0.39, 0.29) is 11.4 Å². The second kappa shape index (κ2) is 7.35. The molecule has 1 aromatic heterocycles. The summed E-state index contributed by atoms with van der Waals surface area (Å²) in [6, 6.07) is 12.3. The maximum absolute atomic E-state index is 13.1. The molecule has 0 aliphatic heterocycles. The zero-order valence-corrected chi connectivity index (χ0v) is 13.8. The zero-order valence-electron chi connectivity index (χ0n) is 12.9. The predicted molar refractivity (Wildman–Crippen MR) is 93.5 cm³/mol. The van der Waals surface area contributed by atoms with Crippen LogP contribution in [0.4, 0.5) is 14.5 Å². The Morgan fingerprint density at radius 3 is 2.52 bits per heavy atom. The van der Waals surface area contributed by atoms with Gasteiger partial charge in [0.2, 0.25) is 5.91 Å². The monoisotopic (exact) mass is 360 g/mol. The molecule has 25 heavy (non-hydrogen) atoms. The van der Waals surface area contributed by atoms with Crippen molar-refractivity contribution in [2.24, 2.45) is 0 Å². The highest BCUT2D eigenvalue weighted by Gasteiger charge is 2.11. The van der Waals surface area contributed by atoms with Crippen molar-refractivity contribution in [1.29, 1.82) is 0 Å². The van der Waals surface area contributed by atoms with Crippen molar-refractivity contribution in [2.75, 3.05) is 16.9 Å². The first-order valence-electron chi connectivity index (χ1n) is 7.30. The lowest BCUT2D eigenvalue weighted by atomic mass is 10.2. The van der Waals surface area contributed by atoms with Crippen LogP contribution >= 0.6 is 11.8 Å². The molecule has 0 radical (unpaired) electrons. The minimum atomic E-state index is -0.757. The Morgan fingerprint density at radius 2 is 1.84 bits per heavy atom. The van der Waals surface area contributed by atoms with Gasteiger partial charge in [0, 0.05) is 17.3 Å². The van der Waals surface area contributed by atoms with E-state index in [1.54, 1.807) is 6.20 Å². The van der Waals surface area contributed by atoms with Crippen LogP contribution in [-0.4, -0.2) is 21.3 Å². The van der Waals surface area contributed by atoms with E-state index in [9.17, 15) is 13.6 Å². The van der Waals surface area contributed by atoms with Crippen LogP contribution in [0.2, 0.25) is 0 Å². The molecule has 3 N–H and O–H groups in total. The number of carbonyl (C=O) groups excluding carboxylic acids is 1. The summed E-state index contributed by atoms with van der Waals surface area (Å²) >= 11 is 1.13. The summed E-state index contributed by atoms with van der Waals surface area (Å²) in [5.74, 6) is 3.93. The van der Waals surface area contributed by atoms with Crippen LogP contribution in [0.5, 0.6) is 0 Å². The molecule has 0 atom stereocenters. The van der Waals surface area contributed by atoms with Crippen LogP contribution in [0.15, 0.2) is 59.9 Å². The summed E-state index contributed by atoms with van der Waals surface area (Å²) in [6.07, 6.45) is 1.66. The number of carbonyl (C=O) groups is 1. The molecule has 3 aromatic rings. The fourth-order valence-corrected chi connectivity index (χ4v) is 2.88. The number of imidazole rings is 1. The molecule has 0 unspecified atom stereocenters. The molecule has 1 amide bonds. The number of amides is 1. The van der Waals surface area contributed by atoms with Gasteiger partial charge in [-0.15, -0.1) is 0 Å². The van der Waals surface area contributed by atoms with Crippen molar-refractivity contribution < 1.29 is 13.6 Å². The molecule has 3 rings (SSSR count). The van der Waals surface area contributed by atoms with E-state index in [0.29, 0.717) is 10.9 Å². The molecule has 1 heterocycles. The molecule has 0 aliphatic rings. The van der Waals surface area contributed by atoms with Crippen molar-refractivity contribution in [3.63, 3.8) is 0 Å². The molecule has 0 saturated heterocycles. The van der Waals surface area contributed by atoms with Gasteiger partial charge in [0.25, 0.3) is 0 Å². The highest BCUT2D eigenvalue weighted by molar-refractivity contribution is 7.99. The minimum Gasteiger partial charge on any atom is -0.337 e. The molecular weight excluding hydrogens is 346 g/mol. The SMILES string of the molecule is Nn1cc(-c2ccccc2)nc1SCC(=O)Nc1cc(F)cc(F)c1. The van der Waals surface area contributed by atoms with E-state index in [1.165, 1.54) is 4.68 Å². The van der Waals surface area contributed by atoms with Crippen molar-refractivity contribution in [2.45, 2.75) is 5.16 Å². The van der Waals surface area contributed by atoms with Crippen LogP contribution in [0.25, 0.3) is 11.3 Å². The summed E-state index contributed by atoms with van der Waals surface area (Å²) in [5, 5.41) is 2.89. The fourth-order valence-electron chi connectivity index (χ4n) is 2.18. The summed E-state index contributed by atoms with van der Waals surface area (Å²) in [7, 11) is 0. The van der Waals surface area contributed by atoms with Crippen molar-refractivity contribution in [3.05, 3.63) is 66.4 Å². The first-order valence-corrected chi connectivity index (χ1v) is 8.28. The van der Waals surface area contributed by atoms with Gasteiger partial charge in [-0.05, 0) is 12.1 Å². The van der Waals surface area contributed by atoms with Gasteiger partial charge in [0.1, 0.15) is 11.6 Å². The number of rotatable bonds is 5. The minimum absolute atomic E-state index is 0.000571. The zero-order chi connectivity index (χ0) is 17.8. The van der Waals surface area contributed by atoms with Crippen molar-refractivity contribution >= 4 is 23.4 Å². The van der Waals surface area contributed by atoms with E-state index in [2.05, 4.69) is 10.3 Å². The molecule has 2 aromatic carbocycles. The topological polar surface area (TPSA) is 72.9 Å². The summed E-state index contributed by atoms with van der Waals surface area (Å²) in [4.78, 5) is 16.3. The third-order valence-corrected chi connectivity index (χ3v) is 4.21. The number of benzene rings is 2. The average molecular weight is 360 g/mol. The average Bonchev–Trinajstić information content (AvgIpc) is 2.94. The van der Waals surface area contributed by atoms with E-state index in [1.807, 2.05) is 30.3 Å². The van der Waals surface area contributed by atoms with Crippen LogP contribution in [0, 0.1) is 11.6 Å². The van der Waals surface area contributed by atoms with Crippen LogP contribution < -0.4 is 11.2 Å². The molecule has 0 fully saturated rings. The Kier molecular flexibility index (Phi) is 4.99. The third-order valence-electron chi connectivity index (χ3n) is 3.25. The Labute approximate surface area is 146 Å². The first kappa shape index (κ1) is 17.0. The Morgan fingerprint density at radius 1 is 1.16 bits per heavy atom. The highest BCUT2D eigenvalue weighted by Crippen LogP contribution is 2.23. The van der Waals surface area contributed by atoms with Gasteiger partial charge in [-0.1, -0.05) is 42.1 Å². The fraction of sp³-hybridized carbons (Fsp3) is 0.0588. The van der Waals surface area contributed by atoms with E-state index >= 15 is 0 Å². The maximum Gasteiger partial charge on any atom is 0.234 e. The third kappa shape index (κ3) is 4.36. The number of hydrogen-bond acceptors (Lipinski definition) is 4. The smallest absolute Gasteiger partial charge is 0.234 e. The van der Waals surface area contributed by atoms with Gasteiger partial charge in [-0.2, -0.15) is 0 Å². The lowest BCUT2D eigenvalue weighted by Crippen LogP contribution is -2.16. The number of hydrogen-bond donors (Lipinski definition) is 2. The van der Waals surface area contributed by atoms with Gasteiger partial charge < -0.3 is 11.2 Å². The molecule has 128 valence electrons. The number of nitrogen functional groups attached to an aromatic ring is 1.